The second-order valence-corrected chi connectivity index (χ2v) is 6.73. The van der Waals surface area contributed by atoms with E-state index < -0.39 is 5.56 Å². The van der Waals surface area contributed by atoms with E-state index in [1.165, 1.54) is 7.11 Å². The molecule has 0 spiro atoms. The monoisotopic (exact) mass is 386 g/mol. The number of aromatic nitrogens is 3. The molecule has 0 fully saturated rings. The van der Waals surface area contributed by atoms with Gasteiger partial charge in [-0.2, -0.15) is 10.4 Å². The van der Waals surface area contributed by atoms with Crippen molar-refractivity contribution in [1.29, 1.82) is 5.26 Å². The van der Waals surface area contributed by atoms with Gasteiger partial charge in [-0.25, -0.2) is 4.68 Å². The molecule has 0 aliphatic rings. The Hall–Kier alpha value is -4.05. The summed E-state index contributed by atoms with van der Waals surface area (Å²) in [4.78, 5) is 15.5. The summed E-state index contributed by atoms with van der Waals surface area (Å²) in [5, 5.41) is 25.5. The first-order chi connectivity index (χ1) is 14.0. The SMILES string of the molecule is COc1cccc(-c2c(C#N)c(=O)[nH]c3c2c(C)nn3-c2ccc(C)cc2)c1O. The molecular formula is C22H18N4O3. The average Bonchev–Trinajstić information content (AvgIpc) is 3.04. The number of benzene rings is 2. The highest BCUT2D eigenvalue weighted by atomic mass is 16.5. The van der Waals surface area contributed by atoms with E-state index in [4.69, 9.17) is 4.74 Å². The van der Waals surface area contributed by atoms with Gasteiger partial charge in [-0.1, -0.05) is 29.8 Å². The van der Waals surface area contributed by atoms with Crippen LogP contribution < -0.4 is 10.3 Å². The molecule has 4 aromatic rings. The molecule has 0 saturated heterocycles. The summed E-state index contributed by atoms with van der Waals surface area (Å²) in [6.45, 7) is 3.79. The summed E-state index contributed by atoms with van der Waals surface area (Å²) in [5.41, 5.74) is 2.97. The fourth-order valence-electron chi connectivity index (χ4n) is 3.49. The van der Waals surface area contributed by atoms with Crippen LogP contribution in [0.2, 0.25) is 0 Å². The van der Waals surface area contributed by atoms with Crippen molar-refractivity contribution in [3.8, 4) is 34.4 Å². The molecule has 0 atom stereocenters. The Kier molecular flexibility index (Phi) is 4.32. The third-order valence-electron chi connectivity index (χ3n) is 4.90. The van der Waals surface area contributed by atoms with Gasteiger partial charge in [-0.15, -0.1) is 0 Å². The average molecular weight is 386 g/mol. The lowest BCUT2D eigenvalue weighted by Gasteiger charge is -2.12. The summed E-state index contributed by atoms with van der Waals surface area (Å²) in [5.74, 6) is 0.115. The van der Waals surface area contributed by atoms with E-state index in [1.54, 1.807) is 29.8 Å². The van der Waals surface area contributed by atoms with Crippen LogP contribution in [0.4, 0.5) is 0 Å². The fraction of sp³-hybridized carbons (Fsp3) is 0.136. The van der Waals surface area contributed by atoms with Gasteiger partial charge in [0.2, 0.25) is 0 Å². The van der Waals surface area contributed by atoms with Crippen molar-refractivity contribution in [2.24, 2.45) is 0 Å². The van der Waals surface area contributed by atoms with Gasteiger partial charge in [0.15, 0.2) is 11.5 Å². The highest BCUT2D eigenvalue weighted by molar-refractivity contribution is 6.00. The van der Waals surface area contributed by atoms with Crippen LogP contribution >= 0.6 is 0 Å². The number of nitrogens with zero attached hydrogens (tertiary/aromatic N) is 3. The van der Waals surface area contributed by atoms with Crippen LogP contribution in [0.15, 0.2) is 47.3 Å². The van der Waals surface area contributed by atoms with Gasteiger partial charge < -0.3 is 14.8 Å². The third-order valence-corrected chi connectivity index (χ3v) is 4.90. The van der Waals surface area contributed by atoms with Gasteiger partial charge in [0, 0.05) is 16.5 Å². The van der Waals surface area contributed by atoms with Crippen LogP contribution in [0.25, 0.3) is 27.8 Å². The lowest BCUT2D eigenvalue weighted by Crippen LogP contribution is -2.13. The summed E-state index contributed by atoms with van der Waals surface area (Å²) < 4.78 is 6.83. The number of nitrogens with one attached hydrogen (secondary N) is 1. The molecule has 0 radical (unpaired) electrons. The Labute approximate surface area is 166 Å². The van der Waals surface area contributed by atoms with Crippen molar-refractivity contribution >= 4 is 11.0 Å². The molecular weight excluding hydrogens is 368 g/mol. The first-order valence-electron chi connectivity index (χ1n) is 8.95. The molecule has 2 N–H and O–H groups in total. The number of aromatic hydroxyl groups is 1. The number of ether oxygens (including phenoxy) is 1. The minimum absolute atomic E-state index is 0.0902. The number of hydrogen-bond donors (Lipinski definition) is 2. The van der Waals surface area contributed by atoms with Gasteiger partial charge in [0.05, 0.1) is 18.5 Å². The molecule has 0 aliphatic carbocycles. The molecule has 2 aromatic heterocycles. The number of pyridine rings is 1. The summed E-state index contributed by atoms with van der Waals surface area (Å²) in [6.07, 6.45) is 0. The number of phenols is 1. The second kappa shape index (κ2) is 6.84. The maximum Gasteiger partial charge on any atom is 0.268 e. The topological polar surface area (TPSA) is 104 Å². The van der Waals surface area contributed by atoms with Gasteiger partial charge >= 0.3 is 0 Å². The number of H-pyrrole nitrogens is 1. The lowest BCUT2D eigenvalue weighted by molar-refractivity contribution is 0.374. The highest BCUT2D eigenvalue weighted by Gasteiger charge is 2.23. The van der Waals surface area contributed by atoms with E-state index in [9.17, 15) is 15.2 Å². The van der Waals surface area contributed by atoms with Gasteiger partial charge in [-0.3, -0.25) is 4.79 Å². The summed E-state index contributed by atoms with van der Waals surface area (Å²) in [7, 11) is 1.44. The standard InChI is InChI=1S/C22H18N4O3/c1-12-7-9-14(10-8-12)26-21-18(13(2)25-26)19(16(11-23)22(28)24-21)15-5-4-6-17(29-3)20(15)27/h4-10,27H,1-3H3,(H,24,28). The molecule has 0 aliphatic heterocycles. The Balaban J connectivity index is 2.14. The zero-order chi connectivity index (χ0) is 20.7. The first-order valence-corrected chi connectivity index (χ1v) is 8.95. The van der Waals surface area contributed by atoms with Crippen molar-refractivity contribution in [3.05, 3.63) is 69.6 Å². The molecule has 7 nitrogen and oxygen atoms in total. The van der Waals surface area contributed by atoms with Crippen LogP contribution in [0.1, 0.15) is 16.8 Å². The Morgan fingerprint density at radius 2 is 1.90 bits per heavy atom. The Morgan fingerprint density at radius 3 is 2.55 bits per heavy atom. The number of phenolic OH excluding ortho intramolecular Hbond substituents is 1. The highest BCUT2D eigenvalue weighted by Crippen LogP contribution is 2.41. The van der Waals surface area contributed by atoms with Gasteiger partial charge in [-0.05, 0) is 32.0 Å². The van der Waals surface area contributed by atoms with Crippen molar-refractivity contribution in [1.82, 2.24) is 14.8 Å². The van der Waals surface area contributed by atoms with Crippen LogP contribution in [-0.2, 0) is 0 Å². The maximum absolute atomic E-state index is 12.7. The summed E-state index contributed by atoms with van der Waals surface area (Å²) in [6, 6.07) is 14.6. The lowest BCUT2D eigenvalue weighted by atomic mass is 9.96. The number of methoxy groups -OCH3 is 1. The van der Waals surface area contributed by atoms with E-state index in [0.717, 1.165) is 11.3 Å². The minimum Gasteiger partial charge on any atom is -0.504 e. The number of para-hydroxylation sites is 1. The van der Waals surface area contributed by atoms with Crippen molar-refractivity contribution in [2.75, 3.05) is 7.11 Å². The quantitative estimate of drug-likeness (QED) is 0.560. The zero-order valence-electron chi connectivity index (χ0n) is 16.1. The van der Waals surface area contributed by atoms with Crippen LogP contribution in [0.3, 0.4) is 0 Å². The molecule has 7 heteroatoms. The number of aromatic amines is 1. The van der Waals surface area contributed by atoms with Crippen LogP contribution in [0.5, 0.6) is 11.5 Å². The number of hydrogen-bond acceptors (Lipinski definition) is 5. The van der Waals surface area contributed by atoms with E-state index in [-0.39, 0.29) is 17.1 Å². The van der Waals surface area contributed by atoms with Gasteiger partial charge in [0.1, 0.15) is 17.3 Å². The molecule has 0 saturated carbocycles. The van der Waals surface area contributed by atoms with Crippen LogP contribution in [0, 0.1) is 25.2 Å². The van der Waals surface area contributed by atoms with Crippen molar-refractivity contribution in [3.63, 3.8) is 0 Å². The Morgan fingerprint density at radius 1 is 1.17 bits per heavy atom. The number of rotatable bonds is 3. The molecule has 2 heterocycles. The third kappa shape index (κ3) is 2.82. The Bertz CT molecular complexity index is 1340. The van der Waals surface area contributed by atoms with Crippen molar-refractivity contribution < 1.29 is 9.84 Å². The number of aryl methyl sites for hydroxylation is 2. The molecule has 0 bridgehead atoms. The van der Waals surface area contributed by atoms with Gasteiger partial charge in [0.25, 0.3) is 5.56 Å². The van der Waals surface area contributed by atoms with Crippen LogP contribution in [-0.4, -0.2) is 27.0 Å². The first kappa shape index (κ1) is 18.3. The van der Waals surface area contributed by atoms with E-state index in [2.05, 4.69) is 10.1 Å². The van der Waals surface area contributed by atoms with E-state index >= 15 is 0 Å². The maximum atomic E-state index is 12.7. The minimum atomic E-state index is -0.550. The predicted octanol–water partition coefficient (Wildman–Crippen LogP) is 3.58. The molecule has 4 rings (SSSR count). The molecule has 144 valence electrons. The smallest absolute Gasteiger partial charge is 0.268 e. The predicted molar refractivity (Wildman–Crippen MR) is 110 cm³/mol. The molecule has 2 aromatic carbocycles. The number of fused-ring (bicyclic) bond motifs is 1. The second-order valence-electron chi connectivity index (χ2n) is 6.73. The van der Waals surface area contributed by atoms with E-state index in [1.807, 2.05) is 37.3 Å². The number of nitriles is 1. The molecule has 0 unspecified atom stereocenters. The summed E-state index contributed by atoms with van der Waals surface area (Å²) >= 11 is 0. The normalized spacial score (nSPS) is 10.8. The molecule has 29 heavy (non-hydrogen) atoms. The largest absolute Gasteiger partial charge is 0.504 e. The van der Waals surface area contributed by atoms with Crippen molar-refractivity contribution in [2.45, 2.75) is 13.8 Å². The van der Waals surface area contributed by atoms with E-state index in [0.29, 0.717) is 27.9 Å². The fourth-order valence-corrected chi connectivity index (χ4v) is 3.49. The zero-order valence-corrected chi connectivity index (χ0v) is 16.1. The molecule has 0 amide bonds.